The van der Waals surface area contributed by atoms with E-state index in [1.54, 1.807) is 6.07 Å². The van der Waals surface area contributed by atoms with Gasteiger partial charge in [-0.25, -0.2) is 13.9 Å². The predicted molar refractivity (Wildman–Crippen MR) is 95.5 cm³/mol. The summed E-state index contributed by atoms with van der Waals surface area (Å²) in [4.78, 5) is 7.47. The van der Waals surface area contributed by atoms with Crippen molar-refractivity contribution in [3.63, 3.8) is 0 Å². The maximum Gasteiger partial charge on any atom is 0.422 e. The van der Waals surface area contributed by atoms with Crippen LogP contribution in [0.2, 0.25) is 0 Å². The van der Waals surface area contributed by atoms with Crippen molar-refractivity contribution in [1.82, 2.24) is 14.6 Å². The molecular formula is C17H16F4N6O2. The summed E-state index contributed by atoms with van der Waals surface area (Å²) >= 11 is 0. The van der Waals surface area contributed by atoms with Crippen LogP contribution in [-0.2, 0) is 5.60 Å². The first-order valence-corrected chi connectivity index (χ1v) is 7.91. The van der Waals surface area contributed by atoms with Gasteiger partial charge in [-0.15, -0.1) is 0 Å². The number of hydrogen-bond acceptors (Lipinski definition) is 7. The van der Waals surface area contributed by atoms with Gasteiger partial charge in [0.25, 0.3) is 0 Å². The second-order valence-corrected chi connectivity index (χ2v) is 5.88. The van der Waals surface area contributed by atoms with Crippen LogP contribution in [0, 0.1) is 11.3 Å². The Kier molecular flexibility index (Phi) is 6.05. The Morgan fingerprint density at radius 3 is 2.66 bits per heavy atom. The van der Waals surface area contributed by atoms with Gasteiger partial charge in [0.05, 0.1) is 19.4 Å². The zero-order chi connectivity index (χ0) is 22.0. The van der Waals surface area contributed by atoms with Crippen molar-refractivity contribution < 1.29 is 27.4 Å². The second kappa shape index (κ2) is 7.98. The third-order valence-corrected chi connectivity index (χ3v) is 3.98. The molecule has 2 aromatic rings. The molecule has 0 bridgehead atoms. The predicted octanol–water partition coefficient (Wildman–Crippen LogP) is 2.26. The Morgan fingerprint density at radius 2 is 2.17 bits per heavy atom. The van der Waals surface area contributed by atoms with E-state index in [1.165, 1.54) is 0 Å². The number of hydrogen-bond donors (Lipinski definition) is 2. The largest absolute Gasteiger partial charge is 0.495 e. The number of nitrogens with zero attached hydrogens (tertiary/aromatic N) is 5. The third kappa shape index (κ3) is 3.96. The molecule has 0 spiro atoms. The Bertz CT molecular complexity index is 1050. The normalized spacial score (nSPS) is 15.5. The fourth-order valence-electron chi connectivity index (χ4n) is 2.32. The van der Waals surface area contributed by atoms with Crippen molar-refractivity contribution in [2.75, 3.05) is 13.7 Å². The van der Waals surface area contributed by atoms with Crippen LogP contribution >= 0.6 is 0 Å². The van der Waals surface area contributed by atoms with E-state index in [-0.39, 0.29) is 29.2 Å². The highest BCUT2D eigenvalue weighted by Crippen LogP contribution is 2.41. The zero-order valence-corrected chi connectivity index (χ0v) is 15.3. The number of aliphatic imine (C=N–C) groups is 1. The van der Waals surface area contributed by atoms with Crippen molar-refractivity contribution in [2.45, 2.75) is 18.7 Å². The molecule has 0 amide bonds. The van der Waals surface area contributed by atoms with Crippen molar-refractivity contribution in [1.29, 1.82) is 5.26 Å². The maximum absolute atomic E-state index is 14.6. The van der Waals surface area contributed by atoms with E-state index in [0.717, 1.165) is 30.0 Å². The zero-order valence-electron chi connectivity index (χ0n) is 15.3. The molecular weight excluding hydrogens is 396 g/mol. The molecule has 0 fully saturated rings. The van der Waals surface area contributed by atoms with Crippen LogP contribution in [0.1, 0.15) is 18.3 Å². The van der Waals surface area contributed by atoms with Crippen LogP contribution in [0.3, 0.4) is 0 Å². The third-order valence-electron chi connectivity index (χ3n) is 3.98. The Morgan fingerprint density at radius 1 is 1.52 bits per heavy atom. The van der Waals surface area contributed by atoms with Gasteiger partial charge in [0.15, 0.2) is 11.5 Å². The molecule has 1 unspecified atom stereocenters. The van der Waals surface area contributed by atoms with Crippen molar-refractivity contribution in [3.05, 3.63) is 41.1 Å². The Hall–Kier alpha value is -3.30. The monoisotopic (exact) mass is 412 g/mol. The summed E-state index contributed by atoms with van der Waals surface area (Å²) in [5.74, 6) is -1.39. The highest BCUT2D eigenvalue weighted by Gasteiger charge is 2.54. The molecule has 29 heavy (non-hydrogen) atoms. The van der Waals surface area contributed by atoms with Gasteiger partial charge in [-0.2, -0.15) is 23.5 Å². The van der Waals surface area contributed by atoms with E-state index in [0.29, 0.717) is 6.92 Å². The fraction of sp³-hybridized carbons (Fsp3) is 0.294. The van der Waals surface area contributed by atoms with Crippen LogP contribution < -0.4 is 10.5 Å². The average molecular weight is 412 g/mol. The first kappa shape index (κ1) is 22.0. The van der Waals surface area contributed by atoms with Gasteiger partial charge in [0.1, 0.15) is 22.8 Å². The number of allylic oxidation sites excluding steroid dienone is 2. The molecule has 8 nitrogen and oxygen atoms in total. The van der Waals surface area contributed by atoms with Gasteiger partial charge in [-0.1, -0.05) is 0 Å². The van der Waals surface area contributed by atoms with Gasteiger partial charge in [0.2, 0.25) is 5.60 Å². The number of halogens is 4. The van der Waals surface area contributed by atoms with Crippen molar-refractivity contribution in [2.24, 2.45) is 10.7 Å². The minimum atomic E-state index is -5.08. The van der Waals surface area contributed by atoms with Crippen molar-refractivity contribution in [3.8, 4) is 11.8 Å². The highest BCUT2D eigenvalue weighted by atomic mass is 19.4. The van der Waals surface area contributed by atoms with Crippen LogP contribution in [0.25, 0.3) is 11.3 Å². The molecule has 0 aliphatic heterocycles. The van der Waals surface area contributed by atoms with E-state index in [9.17, 15) is 22.7 Å². The van der Waals surface area contributed by atoms with Gasteiger partial charge < -0.3 is 15.6 Å². The lowest BCUT2D eigenvalue weighted by atomic mass is 10.0. The first-order chi connectivity index (χ1) is 13.5. The van der Waals surface area contributed by atoms with E-state index in [2.05, 4.69) is 21.8 Å². The number of fused-ring (bicyclic) bond motifs is 1. The summed E-state index contributed by atoms with van der Waals surface area (Å²) in [5, 5.41) is 22.7. The number of ether oxygens (including phenoxy) is 1. The molecule has 0 aliphatic rings. The van der Waals surface area contributed by atoms with E-state index < -0.39 is 29.0 Å². The number of aromatic nitrogens is 3. The number of aliphatic hydroxyl groups is 1. The van der Waals surface area contributed by atoms with Crippen molar-refractivity contribution >= 4 is 18.1 Å². The lowest BCUT2D eigenvalue weighted by Gasteiger charge is -2.26. The summed E-state index contributed by atoms with van der Waals surface area (Å²) in [6, 6.07) is 2.79. The summed E-state index contributed by atoms with van der Waals surface area (Å²) in [6.45, 7) is 3.50. The number of rotatable bonds is 6. The fourth-order valence-corrected chi connectivity index (χ4v) is 2.32. The molecule has 154 valence electrons. The minimum absolute atomic E-state index is 0.00386. The van der Waals surface area contributed by atoms with Crippen LogP contribution in [0.15, 0.2) is 34.7 Å². The molecule has 2 heterocycles. The van der Waals surface area contributed by atoms with Gasteiger partial charge >= 0.3 is 6.18 Å². The molecule has 3 N–H and O–H groups in total. The molecule has 0 saturated carbocycles. The van der Waals surface area contributed by atoms with Gasteiger partial charge in [-0.3, -0.25) is 4.99 Å². The smallest absolute Gasteiger partial charge is 0.422 e. The number of nitrogens with two attached hydrogens (primary N) is 1. The van der Waals surface area contributed by atoms with E-state index in [4.69, 9.17) is 15.7 Å². The molecule has 12 heteroatoms. The summed E-state index contributed by atoms with van der Waals surface area (Å²) < 4.78 is 60.3. The lowest BCUT2D eigenvalue weighted by molar-refractivity contribution is -0.261. The molecule has 0 saturated heterocycles. The summed E-state index contributed by atoms with van der Waals surface area (Å²) in [5.41, 5.74) is 0.376. The maximum atomic E-state index is 14.6. The lowest BCUT2D eigenvalue weighted by Crippen LogP contribution is -2.40. The minimum Gasteiger partial charge on any atom is -0.495 e. The number of nitriles is 1. The Labute approximate surface area is 162 Å². The SMILES string of the molecule is C=N/C(=C(F)\C=C(\C#N)CN)c1cnc2cc(OC)c(C(C)(O)C(F)(F)F)nn12. The molecule has 2 rings (SSSR count). The standard InChI is InChI=1S/C17H16F4N6O2/c1-16(28,17(19,20)21)15-12(29-3)5-13-25-8-11(27(13)26-15)14(24-2)10(18)4-9(6-22)7-23/h4-5,8,28H,2,6,22H2,1,3H3/b9-4+,14-10+. The quantitative estimate of drug-likeness (QED) is 0.325. The topological polar surface area (TPSA) is 122 Å². The van der Waals surface area contributed by atoms with Gasteiger partial charge in [0, 0.05) is 18.2 Å². The van der Waals surface area contributed by atoms with E-state index >= 15 is 0 Å². The van der Waals surface area contributed by atoms with Crippen LogP contribution in [0.4, 0.5) is 17.6 Å². The molecule has 1 atom stereocenters. The molecule has 2 aromatic heterocycles. The first-order valence-electron chi connectivity index (χ1n) is 7.91. The Balaban J connectivity index is 2.81. The molecule has 0 radical (unpaired) electrons. The van der Waals surface area contributed by atoms with Gasteiger partial charge in [-0.05, 0) is 19.7 Å². The number of alkyl halides is 3. The summed E-state index contributed by atoms with van der Waals surface area (Å²) in [6.07, 6.45) is -3.16. The average Bonchev–Trinajstić information content (AvgIpc) is 3.07. The highest BCUT2D eigenvalue weighted by molar-refractivity contribution is 5.71. The number of methoxy groups -OCH3 is 1. The molecule has 0 aromatic carbocycles. The number of imidazole rings is 1. The second-order valence-electron chi connectivity index (χ2n) is 5.88. The van der Waals surface area contributed by atoms with Crippen LogP contribution in [-0.4, -0.2) is 46.3 Å². The van der Waals surface area contributed by atoms with Crippen LogP contribution in [0.5, 0.6) is 5.75 Å². The molecule has 0 aliphatic carbocycles. The van der Waals surface area contributed by atoms with E-state index in [1.807, 2.05) is 0 Å². The summed E-state index contributed by atoms with van der Waals surface area (Å²) in [7, 11) is 1.10.